The molecule has 5 nitrogen and oxygen atoms in total. The van der Waals surface area contributed by atoms with Crippen LogP contribution in [0.2, 0.25) is 0 Å². The number of hydrogen-bond donors (Lipinski definition) is 2. The summed E-state index contributed by atoms with van der Waals surface area (Å²) >= 11 is 0. The van der Waals surface area contributed by atoms with E-state index in [2.05, 4.69) is 5.32 Å². The number of carbonyl (C=O) groups excluding carboxylic acids is 1. The minimum absolute atomic E-state index is 0.0238. The van der Waals surface area contributed by atoms with Crippen molar-refractivity contribution in [3.8, 4) is 0 Å². The second-order valence-electron chi connectivity index (χ2n) is 8.40. The van der Waals surface area contributed by atoms with Crippen LogP contribution in [0.15, 0.2) is 60.7 Å². The van der Waals surface area contributed by atoms with Gasteiger partial charge in [0.05, 0.1) is 0 Å². The quantitative estimate of drug-likeness (QED) is 0.629. The lowest BCUT2D eigenvalue weighted by atomic mass is 9.91. The van der Waals surface area contributed by atoms with E-state index in [1.54, 1.807) is 11.0 Å². The molecule has 1 aliphatic carbocycles. The molecule has 0 saturated heterocycles. The van der Waals surface area contributed by atoms with Gasteiger partial charge in [-0.3, -0.25) is 4.79 Å². The SMILES string of the molecule is O=C(CC1c2cc(F)ccc2N(Cc2cccc3ccccc23)C1C(=O)O)NC1CC1. The van der Waals surface area contributed by atoms with E-state index in [4.69, 9.17) is 0 Å². The van der Waals surface area contributed by atoms with Gasteiger partial charge in [0.2, 0.25) is 5.91 Å². The van der Waals surface area contributed by atoms with Crippen LogP contribution in [0.5, 0.6) is 0 Å². The number of nitrogens with one attached hydrogen (secondary N) is 1. The number of carbonyl (C=O) groups is 2. The molecule has 5 rings (SSSR count). The van der Waals surface area contributed by atoms with Crippen LogP contribution in [0.1, 0.15) is 36.3 Å². The fraction of sp³-hybridized carbons (Fsp3) is 0.280. The summed E-state index contributed by atoms with van der Waals surface area (Å²) in [6.45, 7) is 0.359. The number of benzene rings is 3. The van der Waals surface area contributed by atoms with Gasteiger partial charge in [-0.1, -0.05) is 42.5 Å². The van der Waals surface area contributed by atoms with Gasteiger partial charge in [0.25, 0.3) is 0 Å². The van der Waals surface area contributed by atoms with E-state index in [0.717, 1.165) is 29.2 Å². The van der Waals surface area contributed by atoms with Crippen LogP contribution in [0.3, 0.4) is 0 Å². The molecular weight excluding hydrogens is 395 g/mol. The summed E-state index contributed by atoms with van der Waals surface area (Å²) in [4.78, 5) is 26.7. The molecule has 6 heteroatoms. The van der Waals surface area contributed by atoms with Gasteiger partial charge in [0, 0.05) is 30.6 Å². The van der Waals surface area contributed by atoms with Crippen molar-refractivity contribution in [2.75, 3.05) is 4.90 Å². The van der Waals surface area contributed by atoms with Gasteiger partial charge >= 0.3 is 5.97 Å². The van der Waals surface area contributed by atoms with Gasteiger partial charge in [-0.2, -0.15) is 0 Å². The topological polar surface area (TPSA) is 69.6 Å². The highest BCUT2D eigenvalue weighted by molar-refractivity contribution is 5.89. The Labute approximate surface area is 179 Å². The lowest BCUT2D eigenvalue weighted by molar-refractivity contribution is -0.139. The number of hydrogen-bond acceptors (Lipinski definition) is 3. The summed E-state index contributed by atoms with van der Waals surface area (Å²) in [6, 6.07) is 17.5. The van der Waals surface area contributed by atoms with Crippen LogP contribution in [0.4, 0.5) is 10.1 Å². The molecular formula is C25H23FN2O3. The van der Waals surface area contributed by atoms with Crippen molar-refractivity contribution in [1.82, 2.24) is 5.32 Å². The first-order valence-electron chi connectivity index (χ1n) is 10.6. The molecule has 3 aromatic rings. The Hall–Kier alpha value is -3.41. The normalized spacial score (nSPS) is 20.0. The predicted octanol–water partition coefficient (Wildman–Crippen LogP) is 4.20. The van der Waals surface area contributed by atoms with Gasteiger partial charge in [0.1, 0.15) is 11.9 Å². The molecule has 0 radical (unpaired) electrons. The molecule has 3 aromatic carbocycles. The Morgan fingerprint density at radius 3 is 2.61 bits per heavy atom. The zero-order valence-electron chi connectivity index (χ0n) is 16.9. The molecule has 2 unspecified atom stereocenters. The van der Waals surface area contributed by atoms with Gasteiger partial charge < -0.3 is 15.3 Å². The summed E-state index contributed by atoms with van der Waals surface area (Å²) < 4.78 is 14.1. The molecule has 1 saturated carbocycles. The first kappa shape index (κ1) is 19.5. The first-order chi connectivity index (χ1) is 15.0. The summed E-state index contributed by atoms with van der Waals surface area (Å²) in [6.07, 6.45) is 1.93. The largest absolute Gasteiger partial charge is 0.480 e. The van der Waals surface area contributed by atoms with Gasteiger partial charge in [-0.05, 0) is 52.9 Å². The number of carboxylic acids is 1. The molecule has 0 aromatic heterocycles. The van der Waals surface area contributed by atoms with E-state index in [1.165, 1.54) is 12.1 Å². The Morgan fingerprint density at radius 2 is 1.84 bits per heavy atom. The van der Waals surface area contributed by atoms with E-state index in [-0.39, 0.29) is 18.4 Å². The first-order valence-corrected chi connectivity index (χ1v) is 10.6. The average Bonchev–Trinajstić information content (AvgIpc) is 3.51. The summed E-state index contributed by atoms with van der Waals surface area (Å²) in [7, 11) is 0. The van der Waals surface area contributed by atoms with E-state index < -0.39 is 23.7 Å². The average molecular weight is 418 g/mol. The highest BCUT2D eigenvalue weighted by Gasteiger charge is 2.44. The van der Waals surface area contributed by atoms with Crippen molar-refractivity contribution in [2.45, 2.75) is 43.8 Å². The number of anilines is 1. The fourth-order valence-corrected chi connectivity index (χ4v) is 4.66. The highest BCUT2D eigenvalue weighted by Crippen LogP contribution is 2.44. The lowest BCUT2D eigenvalue weighted by Crippen LogP contribution is -2.42. The second-order valence-corrected chi connectivity index (χ2v) is 8.40. The molecule has 0 bridgehead atoms. The predicted molar refractivity (Wildman–Crippen MR) is 116 cm³/mol. The van der Waals surface area contributed by atoms with E-state index in [0.29, 0.717) is 17.8 Å². The second kappa shape index (κ2) is 7.69. The molecule has 1 fully saturated rings. The lowest BCUT2D eigenvalue weighted by Gasteiger charge is -2.28. The molecule has 158 valence electrons. The molecule has 31 heavy (non-hydrogen) atoms. The third-order valence-electron chi connectivity index (χ3n) is 6.24. The molecule has 2 N–H and O–H groups in total. The van der Waals surface area contributed by atoms with E-state index in [9.17, 15) is 19.1 Å². The van der Waals surface area contributed by atoms with Crippen molar-refractivity contribution in [1.29, 1.82) is 0 Å². The van der Waals surface area contributed by atoms with Crippen LogP contribution in [0.25, 0.3) is 10.8 Å². The summed E-state index contributed by atoms with van der Waals surface area (Å²) in [5.41, 5.74) is 2.24. The van der Waals surface area contributed by atoms with Crippen LogP contribution in [0, 0.1) is 5.82 Å². The molecule has 0 spiro atoms. The zero-order chi connectivity index (χ0) is 21.5. The molecule has 1 aliphatic heterocycles. The van der Waals surface area contributed by atoms with Gasteiger partial charge in [0.15, 0.2) is 0 Å². The van der Waals surface area contributed by atoms with Crippen molar-refractivity contribution in [3.05, 3.63) is 77.6 Å². The number of amides is 1. The number of fused-ring (bicyclic) bond motifs is 2. The van der Waals surface area contributed by atoms with E-state index in [1.807, 2.05) is 42.5 Å². The Bertz CT molecular complexity index is 1170. The number of carboxylic acid groups (broad SMARTS) is 1. The minimum atomic E-state index is -1.01. The van der Waals surface area contributed by atoms with Crippen molar-refractivity contribution < 1.29 is 19.1 Å². The van der Waals surface area contributed by atoms with Gasteiger partial charge in [-0.15, -0.1) is 0 Å². The summed E-state index contributed by atoms with van der Waals surface area (Å²) in [5.74, 6) is -2.23. The monoisotopic (exact) mass is 418 g/mol. The smallest absolute Gasteiger partial charge is 0.327 e. The minimum Gasteiger partial charge on any atom is -0.480 e. The number of halogens is 1. The van der Waals surface area contributed by atoms with Gasteiger partial charge in [-0.25, -0.2) is 9.18 Å². The zero-order valence-corrected chi connectivity index (χ0v) is 16.9. The van der Waals surface area contributed by atoms with Crippen LogP contribution >= 0.6 is 0 Å². The number of aliphatic carboxylic acids is 1. The third kappa shape index (κ3) is 3.74. The molecule has 1 amide bonds. The number of nitrogens with zero attached hydrogens (tertiary/aromatic N) is 1. The van der Waals surface area contributed by atoms with Crippen molar-refractivity contribution in [3.63, 3.8) is 0 Å². The van der Waals surface area contributed by atoms with Crippen LogP contribution in [-0.2, 0) is 16.1 Å². The maximum Gasteiger partial charge on any atom is 0.327 e. The maximum atomic E-state index is 14.1. The Balaban J connectivity index is 1.54. The number of rotatable bonds is 6. The molecule has 2 aliphatic rings. The van der Waals surface area contributed by atoms with E-state index >= 15 is 0 Å². The van der Waals surface area contributed by atoms with Crippen LogP contribution < -0.4 is 10.2 Å². The Morgan fingerprint density at radius 1 is 1.06 bits per heavy atom. The Kier molecular flexibility index (Phi) is 4.85. The maximum absolute atomic E-state index is 14.1. The standard InChI is InChI=1S/C25H23FN2O3/c26-17-8-11-22-20(12-17)21(13-23(29)27-18-9-10-18)24(25(30)31)28(22)14-16-6-3-5-15-4-1-2-7-19(15)16/h1-8,11-12,18,21,24H,9-10,13-14H2,(H,27,29)(H,30,31). The molecule has 1 heterocycles. The van der Waals surface area contributed by atoms with Crippen molar-refractivity contribution >= 4 is 28.3 Å². The van der Waals surface area contributed by atoms with Crippen molar-refractivity contribution in [2.24, 2.45) is 0 Å². The highest BCUT2D eigenvalue weighted by atomic mass is 19.1. The van der Waals surface area contributed by atoms with Crippen LogP contribution in [-0.4, -0.2) is 29.1 Å². The third-order valence-corrected chi connectivity index (χ3v) is 6.24. The fourth-order valence-electron chi connectivity index (χ4n) is 4.66. The summed E-state index contributed by atoms with van der Waals surface area (Å²) in [5, 5.41) is 15.2. The molecule has 2 atom stereocenters.